The highest BCUT2D eigenvalue weighted by atomic mass is 35.5. The van der Waals surface area contributed by atoms with Gasteiger partial charge >= 0.3 is 6.03 Å². The molecule has 7 heteroatoms. The number of rotatable bonds is 3. The first kappa shape index (κ1) is 14.6. The predicted molar refractivity (Wildman–Crippen MR) is 74.5 cm³/mol. The van der Waals surface area contributed by atoms with E-state index in [1.54, 1.807) is 30.3 Å². The maximum absolute atomic E-state index is 12.2. The highest BCUT2D eigenvalue weighted by Gasteiger charge is 2.40. The van der Waals surface area contributed by atoms with Gasteiger partial charge in [-0.25, -0.2) is 9.69 Å². The first-order valence-corrected chi connectivity index (χ1v) is 6.31. The fourth-order valence-electron chi connectivity index (χ4n) is 1.90. The molecule has 0 aromatic heterocycles. The van der Waals surface area contributed by atoms with Crippen LogP contribution in [0.2, 0.25) is 5.02 Å². The number of imide groups is 1. The predicted octanol–water partition coefficient (Wildman–Crippen LogP) is 1.99. The van der Waals surface area contributed by atoms with Crippen LogP contribution in [0.1, 0.15) is 5.56 Å². The van der Waals surface area contributed by atoms with Gasteiger partial charge in [0.05, 0.1) is 12.1 Å². The van der Waals surface area contributed by atoms with E-state index in [2.05, 4.69) is 0 Å². The number of hydrogen-bond acceptors (Lipinski definition) is 4. The fraction of sp³-hybridized carbons (Fsp3) is 0.143. The van der Waals surface area contributed by atoms with Crippen LogP contribution in [-0.4, -0.2) is 34.8 Å². The second kappa shape index (κ2) is 6.08. The van der Waals surface area contributed by atoms with Crippen LogP contribution in [0, 0.1) is 22.7 Å². The number of benzene rings is 1. The molecule has 0 aliphatic carbocycles. The quantitative estimate of drug-likeness (QED) is 0.485. The number of amides is 3. The highest BCUT2D eigenvalue weighted by Crippen LogP contribution is 2.25. The minimum atomic E-state index is -0.679. The molecule has 1 heterocycles. The minimum Gasteiger partial charge on any atom is -0.275 e. The lowest BCUT2D eigenvalue weighted by Crippen LogP contribution is -2.33. The molecule has 1 aromatic carbocycles. The number of hydrogen-bond donors (Lipinski definition) is 0. The second-order valence-corrected chi connectivity index (χ2v) is 4.53. The topological polar surface area (TPSA) is 88.2 Å². The highest BCUT2D eigenvalue weighted by molar-refractivity contribution is 6.32. The zero-order valence-corrected chi connectivity index (χ0v) is 11.5. The third-order valence-electron chi connectivity index (χ3n) is 2.87. The van der Waals surface area contributed by atoms with Crippen LogP contribution in [0.3, 0.4) is 0 Å². The zero-order chi connectivity index (χ0) is 15.4. The van der Waals surface area contributed by atoms with Gasteiger partial charge in [-0.15, -0.1) is 0 Å². The molecule has 0 saturated carbocycles. The molecule has 0 N–H and O–H groups in total. The Bertz CT molecular complexity index is 714. The van der Waals surface area contributed by atoms with E-state index >= 15 is 0 Å². The Labute approximate surface area is 126 Å². The van der Waals surface area contributed by atoms with Gasteiger partial charge in [0.15, 0.2) is 0 Å². The van der Waals surface area contributed by atoms with E-state index in [4.69, 9.17) is 22.1 Å². The van der Waals surface area contributed by atoms with Crippen molar-refractivity contribution < 1.29 is 9.59 Å². The van der Waals surface area contributed by atoms with Gasteiger partial charge in [-0.2, -0.15) is 10.5 Å². The summed E-state index contributed by atoms with van der Waals surface area (Å²) in [6, 6.07) is 9.70. The molecule has 3 amide bonds. The summed E-state index contributed by atoms with van der Waals surface area (Å²) < 4.78 is 0. The van der Waals surface area contributed by atoms with Crippen LogP contribution < -0.4 is 0 Å². The third kappa shape index (κ3) is 2.71. The maximum Gasteiger partial charge on any atom is 0.333 e. The standard InChI is InChI=1S/C14H9ClN4O2/c15-11-4-2-1-3-10(11)9-12-13(20)19(8-6-17)14(21)18(12)7-5-16/h1-4,9H,7-8H2. The first-order valence-electron chi connectivity index (χ1n) is 5.93. The van der Waals surface area contributed by atoms with E-state index in [9.17, 15) is 9.59 Å². The van der Waals surface area contributed by atoms with Crippen LogP contribution in [0.15, 0.2) is 30.0 Å². The van der Waals surface area contributed by atoms with Gasteiger partial charge in [0.1, 0.15) is 18.8 Å². The Morgan fingerprint density at radius 2 is 1.71 bits per heavy atom. The summed E-state index contributed by atoms with van der Waals surface area (Å²) in [6.07, 6.45) is 1.44. The lowest BCUT2D eigenvalue weighted by atomic mass is 10.2. The van der Waals surface area contributed by atoms with Crippen LogP contribution >= 0.6 is 11.6 Å². The van der Waals surface area contributed by atoms with Gasteiger partial charge in [0.2, 0.25) is 0 Å². The Hall–Kier alpha value is -2.83. The number of halogens is 1. The van der Waals surface area contributed by atoms with Gasteiger partial charge < -0.3 is 0 Å². The van der Waals surface area contributed by atoms with Crippen molar-refractivity contribution in [1.82, 2.24) is 9.80 Å². The van der Waals surface area contributed by atoms with Crippen molar-refractivity contribution in [3.63, 3.8) is 0 Å². The summed E-state index contributed by atoms with van der Waals surface area (Å²) in [6.45, 7) is -0.637. The van der Waals surface area contributed by atoms with E-state index in [-0.39, 0.29) is 18.8 Å². The Balaban J connectivity index is 2.47. The summed E-state index contributed by atoms with van der Waals surface area (Å²) >= 11 is 6.02. The van der Waals surface area contributed by atoms with E-state index in [1.165, 1.54) is 6.08 Å². The van der Waals surface area contributed by atoms with Crippen LogP contribution in [0.5, 0.6) is 0 Å². The number of nitrogens with zero attached hydrogens (tertiary/aromatic N) is 4. The van der Waals surface area contributed by atoms with Gasteiger partial charge in [-0.3, -0.25) is 9.69 Å². The van der Waals surface area contributed by atoms with Crippen molar-refractivity contribution in [2.75, 3.05) is 13.1 Å². The molecule has 6 nitrogen and oxygen atoms in total. The van der Waals surface area contributed by atoms with Crippen molar-refractivity contribution in [2.45, 2.75) is 0 Å². The summed E-state index contributed by atoms with van der Waals surface area (Å²) in [5.41, 5.74) is 0.585. The van der Waals surface area contributed by atoms with Gasteiger partial charge in [-0.05, 0) is 17.7 Å². The molecule has 1 saturated heterocycles. The normalized spacial score (nSPS) is 16.2. The summed E-state index contributed by atoms with van der Waals surface area (Å²) in [4.78, 5) is 26.1. The van der Waals surface area contributed by atoms with Crippen LogP contribution in [0.4, 0.5) is 4.79 Å². The van der Waals surface area contributed by atoms with E-state index in [0.717, 1.165) is 9.80 Å². The molecule has 0 unspecified atom stereocenters. The second-order valence-electron chi connectivity index (χ2n) is 4.13. The Kier molecular flexibility index (Phi) is 4.22. The van der Waals surface area contributed by atoms with Crippen molar-refractivity contribution in [2.24, 2.45) is 0 Å². The molecule has 2 rings (SSSR count). The molecule has 0 spiro atoms. The molecule has 1 aromatic rings. The SMILES string of the molecule is N#CCN1C(=O)C(=Cc2ccccc2Cl)N(CC#N)C1=O. The van der Waals surface area contributed by atoms with Crippen molar-refractivity contribution >= 4 is 29.6 Å². The third-order valence-corrected chi connectivity index (χ3v) is 3.22. The average molecular weight is 301 g/mol. The van der Waals surface area contributed by atoms with Gasteiger partial charge in [0, 0.05) is 5.02 Å². The zero-order valence-electron chi connectivity index (χ0n) is 10.8. The molecular formula is C14H9ClN4O2. The van der Waals surface area contributed by atoms with Crippen LogP contribution in [-0.2, 0) is 4.79 Å². The first-order chi connectivity index (χ1) is 10.1. The molecule has 1 aliphatic rings. The number of carbonyl (C=O) groups is 2. The summed E-state index contributed by atoms with van der Waals surface area (Å²) in [7, 11) is 0. The maximum atomic E-state index is 12.2. The molecule has 0 atom stereocenters. The van der Waals surface area contributed by atoms with E-state index in [1.807, 2.05) is 6.07 Å². The Morgan fingerprint density at radius 3 is 2.33 bits per heavy atom. The average Bonchev–Trinajstić information content (AvgIpc) is 2.68. The molecule has 0 radical (unpaired) electrons. The fourth-order valence-corrected chi connectivity index (χ4v) is 2.09. The number of carbonyl (C=O) groups excluding carboxylic acids is 2. The van der Waals surface area contributed by atoms with Gasteiger partial charge in [-0.1, -0.05) is 29.8 Å². The monoisotopic (exact) mass is 300 g/mol. The van der Waals surface area contributed by atoms with Gasteiger partial charge in [0.25, 0.3) is 5.91 Å². The number of nitriles is 2. The van der Waals surface area contributed by atoms with Crippen molar-refractivity contribution in [1.29, 1.82) is 10.5 Å². The van der Waals surface area contributed by atoms with E-state index in [0.29, 0.717) is 10.6 Å². The molecular weight excluding hydrogens is 292 g/mol. The van der Waals surface area contributed by atoms with Crippen molar-refractivity contribution in [3.05, 3.63) is 40.5 Å². The molecule has 21 heavy (non-hydrogen) atoms. The lowest BCUT2D eigenvalue weighted by molar-refractivity contribution is -0.122. The molecule has 1 aliphatic heterocycles. The number of urea groups is 1. The smallest absolute Gasteiger partial charge is 0.275 e. The molecule has 1 fully saturated rings. The lowest BCUT2D eigenvalue weighted by Gasteiger charge is -2.11. The molecule has 104 valence electrons. The Morgan fingerprint density at radius 1 is 1.10 bits per heavy atom. The molecule has 0 bridgehead atoms. The van der Waals surface area contributed by atoms with Crippen LogP contribution in [0.25, 0.3) is 6.08 Å². The minimum absolute atomic E-state index is 0.0323. The summed E-state index contributed by atoms with van der Waals surface area (Å²) in [5.74, 6) is -0.614. The summed E-state index contributed by atoms with van der Waals surface area (Å²) in [5, 5.41) is 17.9. The van der Waals surface area contributed by atoms with Crippen molar-refractivity contribution in [3.8, 4) is 12.1 Å². The van der Waals surface area contributed by atoms with E-state index < -0.39 is 11.9 Å². The largest absolute Gasteiger partial charge is 0.333 e.